The summed E-state index contributed by atoms with van der Waals surface area (Å²) in [6.45, 7) is 9.41. The van der Waals surface area contributed by atoms with Gasteiger partial charge < -0.3 is 4.90 Å². The monoisotopic (exact) mass is 271 g/mol. The lowest BCUT2D eigenvalue weighted by Gasteiger charge is -2.33. The first kappa shape index (κ1) is 14.0. The van der Waals surface area contributed by atoms with Gasteiger partial charge >= 0.3 is 0 Å². The van der Waals surface area contributed by atoms with E-state index in [1.165, 1.54) is 62.9 Å². The molecular formula is C19H29N. The van der Waals surface area contributed by atoms with Crippen molar-refractivity contribution in [1.29, 1.82) is 0 Å². The van der Waals surface area contributed by atoms with Crippen molar-refractivity contribution in [3.63, 3.8) is 0 Å². The molecule has 1 aliphatic carbocycles. The van der Waals surface area contributed by atoms with Crippen molar-refractivity contribution in [2.75, 3.05) is 18.0 Å². The van der Waals surface area contributed by atoms with E-state index in [2.05, 4.69) is 49.9 Å². The summed E-state index contributed by atoms with van der Waals surface area (Å²) in [6, 6.07) is 9.31. The zero-order valence-corrected chi connectivity index (χ0v) is 13.4. The summed E-state index contributed by atoms with van der Waals surface area (Å²) in [5, 5.41) is 0. The van der Waals surface area contributed by atoms with Gasteiger partial charge in [0.1, 0.15) is 0 Å². The van der Waals surface area contributed by atoms with E-state index in [9.17, 15) is 0 Å². The second kappa shape index (κ2) is 5.09. The van der Waals surface area contributed by atoms with Gasteiger partial charge in [-0.3, -0.25) is 0 Å². The Morgan fingerprint density at radius 3 is 2.15 bits per heavy atom. The van der Waals surface area contributed by atoms with Gasteiger partial charge in [-0.25, -0.2) is 0 Å². The maximum atomic E-state index is 2.62. The zero-order chi connectivity index (χ0) is 14.2. The molecule has 0 N–H and O–H groups in total. The van der Waals surface area contributed by atoms with Crippen molar-refractivity contribution in [3.05, 3.63) is 29.8 Å². The first-order valence-corrected chi connectivity index (χ1v) is 8.34. The largest absolute Gasteiger partial charge is 0.371 e. The van der Waals surface area contributed by atoms with Crippen molar-refractivity contribution in [2.24, 2.45) is 5.41 Å². The summed E-state index contributed by atoms with van der Waals surface area (Å²) in [5.74, 6) is 0. The highest BCUT2D eigenvalue weighted by Crippen LogP contribution is 2.44. The van der Waals surface area contributed by atoms with Crippen LogP contribution in [-0.4, -0.2) is 13.1 Å². The summed E-state index contributed by atoms with van der Waals surface area (Å²) in [6.07, 6.45) is 8.71. The van der Waals surface area contributed by atoms with Gasteiger partial charge in [0.25, 0.3) is 0 Å². The van der Waals surface area contributed by atoms with Crippen LogP contribution < -0.4 is 4.90 Å². The van der Waals surface area contributed by atoms with E-state index in [1.54, 1.807) is 0 Å². The maximum Gasteiger partial charge on any atom is 0.0366 e. The molecule has 1 saturated carbocycles. The molecule has 1 heteroatoms. The second-order valence-corrected chi connectivity index (χ2v) is 8.03. The molecule has 0 unspecified atom stereocenters. The standard InChI is InChI=1S/C19H29N/c1-18(2,3)16-7-9-17(10-8-16)20-14-13-19(15-20)11-5-4-6-12-19/h7-10H,4-6,11-15H2,1-3H3. The van der Waals surface area contributed by atoms with Gasteiger partial charge in [-0.15, -0.1) is 0 Å². The molecule has 20 heavy (non-hydrogen) atoms. The number of benzene rings is 1. The SMILES string of the molecule is CC(C)(C)c1ccc(N2CCC3(CCCCC3)C2)cc1. The molecule has 0 atom stereocenters. The first-order valence-electron chi connectivity index (χ1n) is 8.34. The van der Waals surface area contributed by atoms with Crippen LogP contribution in [0.1, 0.15) is 64.9 Å². The van der Waals surface area contributed by atoms with Gasteiger partial charge in [-0.1, -0.05) is 52.2 Å². The predicted molar refractivity (Wildman–Crippen MR) is 87.5 cm³/mol. The normalized spacial score (nSPS) is 22.4. The third-order valence-corrected chi connectivity index (χ3v) is 5.45. The molecular weight excluding hydrogens is 242 g/mol. The molecule has 0 aromatic heterocycles. The molecule has 1 saturated heterocycles. The Labute approximate surface area is 124 Å². The molecule has 110 valence electrons. The van der Waals surface area contributed by atoms with E-state index in [-0.39, 0.29) is 5.41 Å². The topological polar surface area (TPSA) is 3.24 Å². The Kier molecular flexibility index (Phi) is 3.56. The number of anilines is 1. The molecule has 1 heterocycles. The quantitative estimate of drug-likeness (QED) is 0.683. The summed E-state index contributed by atoms with van der Waals surface area (Å²) < 4.78 is 0. The van der Waals surface area contributed by atoms with E-state index in [0.717, 1.165) is 0 Å². The third kappa shape index (κ3) is 2.73. The van der Waals surface area contributed by atoms with Crippen LogP contribution in [-0.2, 0) is 5.41 Å². The fourth-order valence-corrected chi connectivity index (χ4v) is 4.04. The Hall–Kier alpha value is -0.980. The van der Waals surface area contributed by atoms with Crippen molar-refractivity contribution >= 4 is 5.69 Å². The average Bonchev–Trinajstić information content (AvgIpc) is 2.83. The van der Waals surface area contributed by atoms with Gasteiger partial charge in [0.2, 0.25) is 0 Å². The van der Waals surface area contributed by atoms with Crippen LogP contribution in [0.2, 0.25) is 0 Å². The number of hydrogen-bond acceptors (Lipinski definition) is 1. The third-order valence-electron chi connectivity index (χ3n) is 5.45. The highest BCUT2D eigenvalue weighted by molar-refractivity contribution is 5.49. The van der Waals surface area contributed by atoms with Gasteiger partial charge in [0, 0.05) is 18.8 Å². The molecule has 1 aromatic carbocycles. The van der Waals surface area contributed by atoms with E-state index in [1.807, 2.05) is 0 Å². The summed E-state index contributed by atoms with van der Waals surface area (Å²) in [7, 11) is 0. The summed E-state index contributed by atoms with van der Waals surface area (Å²) >= 11 is 0. The molecule has 0 radical (unpaired) electrons. The van der Waals surface area contributed by atoms with Gasteiger partial charge in [-0.05, 0) is 47.8 Å². The van der Waals surface area contributed by atoms with Crippen molar-refractivity contribution in [3.8, 4) is 0 Å². The minimum Gasteiger partial charge on any atom is -0.371 e. The van der Waals surface area contributed by atoms with Gasteiger partial charge in [0.15, 0.2) is 0 Å². The summed E-state index contributed by atoms with van der Waals surface area (Å²) in [5.41, 5.74) is 3.78. The van der Waals surface area contributed by atoms with Crippen LogP contribution in [0.3, 0.4) is 0 Å². The highest BCUT2D eigenvalue weighted by atomic mass is 15.2. The van der Waals surface area contributed by atoms with Crippen LogP contribution in [0.15, 0.2) is 24.3 Å². The number of rotatable bonds is 1. The molecule has 0 amide bonds. The maximum absolute atomic E-state index is 2.62. The Morgan fingerprint density at radius 1 is 0.900 bits per heavy atom. The van der Waals surface area contributed by atoms with E-state index >= 15 is 0 Å². The zero-order valence-electron chi connectivity index (χ0n) is 13.4. The lowest BCUT2D eigenvalue weighted by molar-refractivity contribution is 0.219. The van der Waals surface area contributed by atoms with Crippen molar-refractivity contribution in [2.45, 2.75) is 64.7 Å². The highest BCUT2D eigenvalue weighted by Gasteiger charge is 2.38. The summed E-state index contributed by atoms with van der Waals surface area (Å²) in [4.78, 5) is 2.62. The fraction of sp³-hybridized carbons (Fsp3) is 0.684. The Bertz CT molecular complexity index is 446. The Morgan fingerprint density at radius 2 is 1.55 bits per heavy atom. The molecule has 2 fully saturated rings. The van der Waals surface area contributed by atoms with Crippen molar-refractivity contribution in [1.82, 2.24) is 0 Å². The minimum atomic E-state index is 0.258. The Balaban J connectivity index is 1.71. The molecule has 1 aromatic rings. The van der Waals surface area contributed by atoms with Crippen LogP contribution in [0.4, 0.5) is 5.69 Å². The predicted octanol–water partition coefficient (Wildman–Crippen LogP) is 5.14. The minimum absolute atomic E-state index is 0.258. The molecule has 1 spiro atoms. The number of nitrogens with zero attached hydrogens (tertiary/aromatic N) is 1. The van der Waals surface area contributed by atoms with Crippen LogP contribution in [0, 0.1) is 5.41 Å². The average molecular weight is 271 g/mol. The van der Waals surface area contributed by atoms with Crippen LogP contribution in [0.25, 0.3) is 0 Å². The second-order valence-electron chi connectivity index (χ2n) is 8.03. The first-order chi connectivity index (χ1) is 9.49. The smallest absolute Gasteiger partial charge is 0.0366 e. The number of hydrogen-bond donors (Lipinski definition) is 0. The van der Waals surface area contributed by atoms with Gasteiger partial charge in [-0.2, -0.15) is 0 Å². The van der Waals surface area contributed by atoms with Crippen LogP contribution >= 0.6 is 0 Å². The van der Waals surface area contributed by atoms with Gasteiger partial charge in [0.05, 0.1) is 0 Å². The molecule has 0 bridgehead atoms. The van der Waals surface area contributed by atoms with E-state index < -0.39 is 0 Å². The van der Waals surface area contributed by atoms with E-state index in [0.29, 0.717) is 5.41 Å². The fourth-order valence-electron chi connectivity index (χ4n) is 4.04. The molecule has 1 nitrogen and oxygen atoms in total. The molecule has 1 aliphatic heterocycles. The van der Waals surface area contributed by atoms with Crippen LogP contribution in [0.5, 0.6) is 0 Å². The van der Waals surface area contributed by atoms with E-state index in [4.69, 9.17) is 0 Å². The molecule has 3 rings (SSSR count). The van der Waals surface area contributed by atoms with Crippen molar-refractivity contribution < 1.29 is 0 Å². The lowest BCUT2D eigenvalue weighted by atomic mass is 9.73. The lowest BCUT2D eigenvalue weighted by Crippen LogP contribution is -2.29. The molecule has 2 aliphatic rings.